The molecule has 3 amide bonds. The molecule has 4 aromatic carbocycles. The highest BCUT2D eigenvalue weighted by atomic mass is 16.5. The van der Waals surface area contributed by atoms with Crippen LogP contribution in [0.2, 0.25) is 0 Å². The highest BCUT2D eigenvalue weighted by Gasteiger charge is 2.26. The van der Waals surface area contributed by atoms with Crippen LogP contribution in [-0.4, -0.2) is 66.4 Å². The van der Waals surface area contributed by atoms with Crippen LogP contribution in [0.4, 0.5) is 5.69 Å². The minimum absolute atomic E-state index is 0.0552. The smallest absolute Gasteiger partial charge is 0.328 e. The van der Waals surface area contributed by atoms with E-state index in [0.29, 0.717) is 36.2 Å². The number of para-hydroxylation sites is 1. The molecule has 1 aromatic heterocycles. The number of amides is 3. The number of benzene rings is 4. The fourth-order valence-corrected chi connectivity index (χ4v) is 5.95. The number of anilines is 1. The molecule has 13 heteroatoms. The molecule has 10 N–H and O–H groups in total. The Labute approximate surface area is 307 Å². The maximum atomic E-state index is 13.9. The van der Waals surface area contributed by atoms with Crippen molar-refractivity contribution in [2.24, 2.45) is 22.2 Å². The van der Waals surface area contributed by atoms with Crippen LogP contribution >= 0.6 is 0 Å². The molecule has 0 aliphatic rings. The van der Waals surface area contributed by atoms with Gasteiger partial charge in [0.1, 0.15) is 12.1 Å². The van der Waals surface area contributed by atoms with Gasteiger partial charge in [0.25, 0.3) is 5.91 Å². The SMILES string of the molecule is COC(=O)[C@H](CCCN=C(N)N)NC(=O)c1cccc(-c2cccc(NC(=O)[C@H](Cc3c[nH]c4ccccc34)NC(=O)[C@@H](N)Cc3ccccc3)c2)c1. The summed E-state index contributed by atoms with van der Waals surface area (Å²) < 4.78 is 4.88. The van der Waals surface area contributed by atoms with E-state index in [1.807, 2.05) is 72.9 Å². The number of hydrogen-bond donors (Lipinski definition) is 7. The molecule has 0 unspecified atom stereocenters. The van der Waals surface area contributed by atoms with Gasteiger partial charge in [0.2, 0.25) is 11.8 Å². The number of guanidine groups is 1. The van der Waals surface area contributed by atoms with Crippen LogP contribution < -0.4 is 33.2 Å². The zero-order valence-electron chi connectivity index (χ0n) is 29.4. The fourth-order valence-electron chi connectivity index (χ4n) is 5.95. The molecule has 1 heterocycles. The number of aromatic amines is 1. The molecule has 0 fully saturated rings. The Hall–Kier alpha value is -6.47. The normalized spacial score (nSPS) is 12.6. The number of esters is 1. The Morgan fingerprint density at radius 1 is 0.792 bits per heavy atom. The number of nitrogens with one attached hydrogen (secondary N) is 4. The highest BCUT2D eigenvalue weighted by Crippen LogP contribution is 2.25. The molecule has 3 atom stereocenters. The first-order valence-corrected chi connectivity index (χ1v) is 17.2. The summed E-state index contributed by atoms with van der Waals surface area (Å²) in [5.74, 6) is -1.97. The largest absolute Gasteiger partial charge is 0.467 e. The van der Waals surface area contributed by atoms with Crippen molar-refractivity contribution in [3.8, 4) is 11.1 Å². The van der Waals surface area contributed by atoms with Crippen molar-refractivity contribution in [1.82, 2.24) is 15.6 Å². The summed E-state index contributed by atoms with van der Waals surface area (Å²) in [6.07, 6.45) is 3.10. The molecular weight excluding hydrogens is 672 g/mol. The second kappa shape index (κ2) is 18.1. The Balaban J connectivity index is 1.31. The lowest BCUT2D eigenvalue weighted by molar-refractivity contribution is -0.143. The van der Waals surface area contributed by atoms with Gasteiger partial charge in [0.05, 0.1) is 13.2 Å². The van der Waals surface area contributed by atoms with E-state index in [-0.39, 0.29) is 18.8 Å². The first kappa shape index (κ1) is 37.8. The maximum absolute atomic E-state index is 13.9. The van der Waals surface area contributed by atoms with Gasteiger partial charge in [0.15, 0.2) is 5.96 Å². The number of rotatable bonds is 16. The van der Waals surface area contributed by atoms with Crippen molar-refractivity contribution in [3.63, 3.8) is 0 Å². The second-order valence-electron chi connectivity index (χ2n) is 12.6. The number of hydrogen-bond acceptors (Lipinski definition) is 7. The third kappa shape index (κ3) is 10.5. The molecule has 0 bridgehead atoms. The number of aromatic nitrogens is 1. The van der Waals surface area contributed by atoms with Crippen LogP contribution in [-0.2, 0) is 32.0 Å². The van der Waals surface area contributed by atoms with E-state index in [4.69, 9.17) is 21.9 Å². The van der Waals surface area contributed by atoms with Gasteiger partial charge < -0.3 is 42.9 Å². The topological polar surface area (TPSA) is 220 Å². The molecule has 0 saturated carbocycles. The Bertz CT molecular complexity index is 2080. The average Bonchev–Trinajstić information content (AvgIpc) is 3.58. The van der Waals surface area contributed by atoms with Crippen molar-refractivity contribution in [2.75, 3.05) is 19.0 Å². The van der Waals surface area contributed by atoms with Crippen molar-refractivity contribution in [2.45, 2.75) is 43.8 Å². The Morgan fingerprint density at radius 3 is 2.26 bits per heavy atom. The Kier molecular flexibility index (Phi) is 12.9. The zero-order valence-corrected chi connectivity index (χ0v) is 29.4. The molecule has 0 aliphatic heterocycles. The monoisotopic (exact) mass is 716 g/mol. The first-order valence-electron chi connectivity index (χ1n) is 17.2. The number of ether oxygens (including phenoxy) is 1. The Morgan fingerprint density at radius 2 is 1.51 bits per heavy atom. The number of aliphatic imine (C=N–C) groups is 1. The van der Waals surface area contributed by atoms with Crippen LogP contribution in [0.5, 0.6) is 0 Å². The summed E-state index contributed by atoms with van der Waals surface area (Å²) in [6.45, 7) is 0.298. The van der Waals surface area contributed by atoms with Gasteiger partial charge in [-0.3, -0.25) is 19.4 Å². The second-order valence-corrected chi connectivity index (χ2v) is 12.6. The van der Waals surface area contributed by atoms with Crippen LogP contribution in [0.25, 0.3) is 22.0 Å². The number of methoxy groups -OCH3 is 1. The van der Waals surface area contributed by atoms with E-state index in [2.05, 4.69) is 25.9 Å². The number of nitrogens with two attached hydrogens (primary N) is 3. The van der Waals surface area contributed by atoms with E-state index in [9.17, 15) is 19.2 Å². The summed E-state index contributed by atoms with van der Waals surface area (Å²) in [7, 11) is 1.25. The van der Waals surface area contributed by atoms with Gasteiger partial charge in [0, 0.05) is 41.3 Å². The van der Waals surface area contributed by atoms with Gasteiger partial charge >= 0.3 is 5.97 Å². The molecular formula is C40H44N8O5. The van der Waals surface area contributed by atoms with E-state index < -0.39 is 41.8 Å². The molecule has 0 spiro atoms. The average molecular weight is 717 g/mol. The number of carbonyl (C=O) groups is 4. The van der Waals surface area contributed by atoms with Crippen molar-refractivity contribution < 1.29 is 23.9 Å². The molecule has 0 aliphatic carbocycles. The van der Waals surface area contributed by atoms with Gasteiger partial charge in [-0.25, -0.2) is 4.79 Å². The summed E-state index contributed by atoms with van der Waals surface area (Å²) in [5.41, 5.74) is 22.0. The van der Waals surface area contributed by atoms with Crippen molar-refractivity contribution >= 4 is 46.2 Å². The molecule has 274 valence electrons. The molecule has 5 aromatic rings. The molecule has 5 rings (SSSR count). The van der Waals surface area contributed by atoms with E-state index in [1.165, 1.54) is 7.11 Å². The predicted molar refractivity (Wildman–Crippen MR) is 206 cm³/mol. The lowest BCUT2D eigenvalue weighted by Gasteiger charge is -2.21. The van der Waals surface area contributed by atoms with Crippen molar-refractivity contribution in [3.05, 3.63) is 126 Å². The third-order valence-corrected chi connectivity index (χ3v) is 8.69. The van der Waals surface area contributed by atoms with Gasteiger partial charge in [-0.1, -0.05) is 72.8 Å². The van der Waals surface area contributed by atoms with E-state index in [0.717, 1.165) is 27.6 Å². The number of H-pyrrole nitrogens is 1. The van der Waals surface area contributed by atoms with Crippen LogP contribution in [0, 0.1) is 0 Å². The standard InChI is InChI=1S/C40H44N8O5/c1-53-39(52)34(18-9-19-44-40(42)43)47-36(49)28-14-7-12-26(21-28)27-13-8-15-30(22-27)46-38(51)35(23-29-24-45-33-17-6-5-16-31(29)33)48-37(50)32(41)20-25-10-3-2-4-11-25/h2-8,10-17,21-22,24,32,34-35,45H,9,18-20,23,41H2,1H3,(H,46,51)(H,47,49)(H,48,50)(H4,42,43,44)/t32-,34-,35-/m0/s1. The lowest BCUT2D eigenvalue weighted by atomic mass is 10.0. The number of fused-ring (bicyclic) bond motifs is 1. The van der Waals surface area contributed by atoms with Crippen LogP contribution in [0.15, 0.2) is 114 Å². The zero-order chi connectivity index (χ0) is 37.7. The quantitative estimate of drug-likeness (QED) is 0.0346. The predicted octanol–water partition coefficient (Wildman–Crippen LogP) is 3.40. The lowest BCUT2D eigenvalue weighted by Crippen LogP contribution is -2.51. The van der Waals surface area contributed by atoms with Gasteiger partial charge in [-0.15, -0.1) is 0 Å². The highest BCUT2D eigenvalue weighted by molar-refractivity contribution is 6.00. The van der Waals surface area contributed by atoms with Crippen LogP contribution in [0.3, 0.4) is 0 Å². The minimum Gasteiger partial charge on any atom is -0.467 e. The van der Waals surface area contributed by atoms with E-state index in [1.54, 1.807) is 36.4 Å². The fraction of sp³-hybridized carbons (Fsp3) is 0.225. The summed E-state index contributed by atoms with van der Waals surface area (Å²) >= 11 is 0. The minimum atomic E-state index is -0.943. The van der Waals surface area contributed by atoms with Crippen molar-refractivity contribution in [1.29, 1.82) is 0 Å². The van der Waals surface area contributed by atoms with E-state index >= 15 is 0 Å². The molecule has 53 heavy (non-hydrogen) atoms. The first-order chi connectivity index (χ1) is 25.6. The maximum Gasteiger partial charge on any atom is 0.328 e. The summed E-state index contributed by atoms with van der Waals surface area (Å²) in [4.78, 5) is 60.0. The number of nitrogens with zero attached hydrogens (tertiary/aromatic N) is 1. The van der Waals surface area contributed by atoms with Crippen LogP contribution in [0.1, 0.15) is 34.3 Å². The summed E-state index contributed by atoms with van der Waals surface area (Å²) in [5, 5.41) is 9.54. The third-order valence-electron chi connectivity index (χ3n) is 8.69. The summed E-state index contributed by atoms with van der Waals surface area (Å²) in [6, 6.07) is 28.5. The van der Waals surface area contributed by atoms with Gasteiger partial charge in [-0.2, -0.15) is 0 Å². The van der Waals surface area contributed by atoms with Gasteiger partial charge in [-0.05, 0) is 71.8 Å². The molecule has 0 saturated heterocycles. The molecule has 0 radical (unpaired) electrons. The molecule has 13 nitrogen and oxygen atoms in total. The number of carbonyl (C=O) groups excluding carboxylic acids is 4.